The van der Waals surface area contributed by atoms with Crippen molar-refractivity contribution in [1.82, 2.24) is 0 Å². The normalized spacial score (nSPS) is 29.6. The Balaban J connectivity index is 1.72. The summed E-state index contributed by atoms with van der Waals surface area (Å²) in [5.74, 6) is 0.595. The van der Waals surface area contributed by atoms with Gasteiger partial charge in [0.2, 0.25) is 0 Å². The highest BCUT2D eigenvalue weighted by molar-refractivity contribution is 9.09. The van der Waals surface area contributed by atoms with Crippen LogP contribution in [0.5, 0.6) is 5.75 Å². The van der Waals surface area contributed by atoms with Gasteiger partial charge in [0.1, 0.15) is 17.7 Å². The molecule has 2 unspecified atom stereocenters. The number of benzene rings is 1. The lowest BCUT2D eigenvalue weighted by molar-refractivity contribution is -0.0462. The molecule has 0 amide bonds. The van der Waals surface area contributed by atoms with Gasteiger partial charge < -0.3 is 4.74 Å². The van der Waals surface area contributed by atoms with Gasteiger partial charge in [-0.3, -0.25) is 0 Å². The molecule has 2 aliphatic rings. The summed E-state index contributed by atoms with van der Waals surface area (Å²) < 4.78 is 19.0. The summed E-state index contributed by atoms with van der Waals surface area (Å²) in [5.41, 5.74) is 0.310. The molecule has 19 heavy (non-hydrogen) atoms. The molecule has 2 fully saturated rings. The Bertz CT molecular complexity index is 423. The highest BCUT2D eigenvalue weighted by atomic mass is 79.9. The molecule has 0 aromatic heterocycles. The third kappa shape index (κ3) is 2.54. The van der Waals surface area contributed by atoms with Gasteiger partial charge in [0.15, 0.2) is 0 Å². The zero-order chi connectivity index (χ0) is 13.3. The molecule has 1 aromatic rings. The largest absolute Gasteiger partial charge is 0.490 e. The summed E-state index contributed by atoms with van der Waals surface area (Å²) in [4.78, 5) is 0.587. The van der Waals surface area contributed by atoms with E-state index in [1.54, 1.807) is 12.1 Å². The summed E-state index contributed by atoms with van der Waals surface area (Å²) in [6.45, 7) is 0. The van der Waals surface area contributed by atoms with E-state index in [0.717, 1.165) is 12.2 Å². The molecule has 0 radical (unpaired) electrons. The predicted octanol–water partition coefficient (Wildman–Crippen LogP) is 5.08. The van der Waals surface area contributed by atoms with Gasteiger partial charge in [0, 0.05) is 10.2 Å². The maximum atomic E-state index is 12.9. The van der Waals surface area contributed by atoms with Crippen molar-refractivity contribution in [1.29, 1.82) is 0 Å². The molecule has 0 aliphatic heterocycles. The van der Waals surface area contributed by atoms with Crippen molar-refractivity contribution in [2.45, 2.75) is 55.9 Å². The lowest BCUT2D eigenvalue weighted by Gasteiger charge is -2.53. The van der Waals surface area contributed by atoms with Gasteiger partial charge in [-0.2, -0.15) is 0 Å². The molecule has 2 saturated carbocycles. The lowest BCUT2D eigenvalue weighted by Crippen LogP contribution is -2.56. The molecule has 2 aliphatic carbocycles. The smallest absolute Gasteiger partial charge is 0.123 e. The van der Waals surface area contributed by atoms with Crippen molar-refractivity contribution in [2.24, 2.45) is 5.41 Å². The minimum atomic E-state index is -0.205. The van der Waals surface area contributed by atoms with E-state index in [0.29, 0.717) is 16.3 Å². The van der Waals surface area contributed by atoms with Gasteiger partial charge in [-0.15, -0.1) is 0 Å². The Morgan fingerprint density at radius 2 is 1.68 bits per heavy atom. The zero-order valence-electron chi connectivity index (χ0n) is 11.1. The first-order chi connectivity index (χ1) is 9.21. The second-order valence-electron chi connectivity index (χ2n) is 5.91. The SMILES string of the molecule is Fc1ccc(OC2CC(Br)C23CCCCCC3)cc1. The summed E-state index contributed by atoms with van der Waals surface area (Å²) in [6.07, 6.45) is 9.20. The van der Waals surface area contributed by atoms with Gasteiger partial charge in [-0.1, -0.05) is 41.6 Å². The Morgan fingerprint density at radius 1 is 1.05 bits per heavy atom. The van der Waals surface area contributed by atoms with E-state index >= 15 is 0 Å². The predicted molar refractivity (Wildman–Crippen MR) is 78.3 cm³/mol. The quantitative estimate of drug-likeness (QED) is 0.688. The van der Waals surface area contributed by atoms with Gasteiger partial charge >= 0.3 is 0 Å². The third-order valence-corrected chi connectivity index (χ3v) is 6.10. The number of rotatable bonds is 2. The molecule has 0 N–H and O–H groups in total. The van der Waals surface area contributed by atoms with Gasteiger partial charge in [0.25, 0.3) is 0 Å². The molecular formula is C16H20BrFO. The summed E-state index contributed by atoms with van der Waals surface area (Å²) in [7, 11) is 0. The number of ether oxygens (including phenoxy) is 1. The average molecular weight is 327 g/mol. The van der Waals surface area contributed by atoms with Crippen LogP contribution in [0, 0.1) is 11.2 Å². The highest BCUT2D eigenvalue weighted by Crippen LogP contribution is 2.55. The fraction of sp³-hybridized carbons (Fsp3) is 0.625. The van der Waals surface area contributed by atoms with Crippen LogP contribution >= 0.6 is 15.9 Å². The summed E-state index contributed by atoms with van der Waals surface area (Å²) in [6, 6.07) is 6.42. The molecule has 1 aromatic carbocycles. The van der Waals surface area contributed by atoms with Crippen LogP contribution in [-0.2, 0) is 0 Å². The van der Waals surface area contributed by atoms with E-state index in [2.05, 4.69) is 15.9 Å². The van der Waals surface area contributed by atoms with E-state index in [9.17, 15) is 4.39 Å². The maximum absolute atomic E-state index is 12.9. The molecule has 0 heterocycles. The molecule has 0 bridgehead atoms. The van der Waals surface area contributed by atoms with Crippen LogP contribution in [0.4, 0.5) is 4.39 Å². The number of halogens is 2. The van der Waals surface area contributed by atoms with Crippen LogP contribution in [0.25, 0.3) is 0 Å². The lowest BCUT2D eigenvalue weighted by atomic mass is 9.61. The van der Waals surface area contributed by atoms with Gasteiger partial charge in [-0.25, -0.2) is 4.39 Å². The van der Waals surface area contributed by atoms with Crippen molar-refractivity contribution < 1.29 is 9.13 Å². The van der Waals surface area contributed by atoms with Crippen molar-refractivity contribution in [3.63, 3.8) is 0 Å². The molecule has 1 spiro atoms. The Kier molecular flexibility index (Phi) is 3.84. The number of hydrogen-bond acceptors (Lipinski definition) is 1. The molecule has 3 rings (SSSR count). The Labute approximate surface area is 122 Å². The van der Waals surface area contributed by atoms with E-state index in [4.69, 9.17) is 4.74 Å². The third-order valence-electron chi connectivity index (χ3n) is 4.81. The number of hydrogen-bond donors (Lipinski definition) is 0. The molecular weight excluding hydrogens is 307 g/mol. The molecule has 1 nitrogen and oxygen atoms in total. The fourth-order valence-electron chi connectivity index (χ4n) is 3.56. The minimum Gasteiger partial charge on any atom is -0.490 e. The topological polar surface area (TPSA) is 9.23 Å². The van der Waals surface area contributed by atoms with E-state index < -0.39 is 0 Å². The van der Waals surface area contributed by atoms with E-state index in [1.807, 2.05) is 0 Å². The first-order valence-electron chi connectivity index (χ1n) is 7.27. The van der Waals surface area contributed by atoms with Crippen LogP contribution in [0.3, 0.4) is 0 Å². The monoisotopic (exact) mass is 326 g/mol. The van der Waals surface area contributed by atoms with Crippen LogP contribution in [0.1, 0.15) is 44.9 Å². The maximum Gasteiger partial charge on any atom is 0.123 e. The fourth-order valence-corrected chi connectivity index (χ4v) is 4.66. The second-order valence-corrected chi connectivity index (χ2v) is 7.02. The zero-order valence-corrected chi connectivity index (χ0v) is 12.7. The van der Waals surface area contributed by atoms with Crippen molar-refractivity contribution in [3.05, 3.63) is 30.1 Å². The van der Waals surface area contributed by atoms with E-state index in [-0.39, 0.29) is 5.82 Å². The summed E-state index contributed by atoms with van der Waals surface area (Å²) in [5, 5.41) is 0. The van der Waals surface area contributed by atoms with Crippen molar-refractivity contribution >= 4 is 15.9 Å². The molecule has 3 heteroatoms. The first kappa shape index (κ1) is 13.4. The van der Waals surface area contributed by atoms with Crippen LogP contribution in [0.15, 0.2) is 24.3 Å². The van der Waals surface area contributed by atoms with Gasteiger partial charge in [-0.05, 0) is 43.5 Å². The standard InChI is InChI=1S/C16H20BrFO/c17-14-11-15(16(14)9-3-1-2-4-10-16)19-13-7-5-12(18)6-8-13/h5-8,14-15H,1-4,9-11H2. The van der Waals surface area contributed by atoms with E-state index in [1.165, 1.54) is 50.7 Å². The number of alkyl halides is 1. The van der Waals surface area contributed by atoms with Crippen LogP contribution in [-0.4, -0.2) is 10.9 Å². The summed E-state index contributed by atoms with van der Waals surface area (Å²) >= 11 is 3.84. The second kappa shape index (κ2) is 5.43. The first-order valence-corrected chi connectivity index (χ1v) is 8.19. The molecule has 2 atom stereocenters. The van der Waals surface area contributed by atoms with Gasteiger partial charge in [0.05, 0.1) is 0 Å². The molecule has 0 saturated heterocycles. The minimum absolute atomic E-state index is 0.205. The average Bonchev–Trinajstić information content (AvgIpc) is 2.68. The van der Waals surface area contributed by atoms with Crippen molar-refractivity contribution in [3.8, 4) is 5.75 Å². The molecule has 104 valence electrons. The Morgan fingerprint density at radius 3 is 2.26 bits per heavy atom. The highest BCUT2D eigenvalue weighted by Gasteiger charge is 2.54. The Hall–Kier alpha value is -0.570. The van der Waals surface area contributed by atoms with Crippen molar-refractivity contribution in [2.75, 3.05) is 0 Å². The van der Waals surface area contributed by atoms with Crippen LogP contribution in [0.2, 0.25) is 0 Å². The van der Waals surface area contributed by atoms with Crippen LogP contribution < -0.4 is 4.74 Å².